The first-order valence-corrected chi connectivity index (χ1v) is 8.30. The van der Waals surface area contributed by atoms with Crippen LogP contribution in [0.15, 0.2) is 55.0 Å². The third-order valence-corrected chi connectivity index (χ3v) is 4.32. The molecule has 1 aromatic heterocycles. The molecule has 0 aliphatic rings. The second-order valence-electron chi connectivity index (χ2n) is 6.04. The summed E-state index contributed by atoms with van der Waals surface area (Å²) in [7, 11) is 0. The summed E-state index contributed by atoms with van der Waals surface area (Å²) < 4.78 is 7.03. The molecule has 0 amide bonds. The van der Waals surface area contributed by atoms with Gasteiger partial charge in [0.2, 0.25) is 0 Å². The Hall–Kier alpha value is -2.91. The van der Waals surface area contributed by atoms with Crippen molar-refractivity contribution in [1.82, 2.24) is 9.55 Å². The predicted octanol–water partition coefficient (Wildman–Crippen LogP) is 4.42. The van der Waals surface area contributed by atoms with Crippen molar-refractivity contribution in [2.45, 2.75) is 27.0 Å². The van der Waals surface area contributed by atoms with Gasteiger partial charge in [-0.15, -0.1) is 17.0 Å². The van der Waals surface area contributed by atoms with Gasteiger partial charge < -0.3 is 9.30 Å². The zero-order chi connectivity index (χ0) is 18.5. The molecule has 3 rings (SSSR count). The van der Waals surface area contributed by atoms with Gasteiger partial charge in [0.15, 0.2) is 0 Å². The van der Waals surface area contributed by atoms with Crippen LogP contribution in [0.1, 0.15) is 29.3 Å². The molecule has 0 fully saturated rings. The van der Waals surface area contributed by atoms with Crippen molar-refractivity contribution in [3.63, 3.8) is 0 Å². The van der Waals surface area contributed by atoms with Crippen LogP contribution in [-0.4, -0.2) is 15.5 Å². The van der Waals surface area contributed by atoms with Crippen LogP contribution in [-0.2, 0) is 22.7 Å². The highest BCUT2D eigenvalue weighted by molar-refractivity contribution is 8.93. The van der Waals surface area contributed by atoms with Crippen LogP contribution in [0.4, 0.5) is 0 Å². The summed E-state index contributed by atoms with van der Waals surface area (Å²) >= 11 is 0. The van der Waals surface area contributed by atoms with Crippen LogP contribution >= 0.6 is 17.0 Å². The van der Waals surface area contributed by atoms with Gasteiger partial charge in [-0.3, -0.25) is 4.79 Å². The molecule has 0 saturated carbocycles. The van der Waals surface area contributed by atoms with Crippen molar-refractivity contribution >= 4 is 23.0 Å². The van der Waals surface area contributed by atoms with Crippen molar-refractivity contribution < 1.29 is 9.53 Å². The summed E-state index contributed by atoms with van der Waals surface area (Å²) in [4.78, 5) is 15.2. The third kappa shape index (κ3) is 4.63. The average molecular weight is 426 g/mol. The van der Waals surface area contributed by atoms with Gasteiger partial charge in [-0.25, -0.2) is 4.98 Å². The van der Waals surface area contributed by atoms with Crippen LogP contribution in [0.2, 0.25) is 0 Å². The van der Waals surface area contributed by atoms with Gasteiger partial charge in [-0.2, -0.15) is 5.26 Å². The molecule has 0 bridgehead atoms. The summed E-state index contributed by atoms with van der Waals surface area (Å²) in [5, 5.41) is 9.50. The van der Waals surface area contributed by atoms with Crippen LogP contribution < -0.4 is 0 Å². The molecule has 0 radical (unpaired) electrons. The molecule has 1 heterocycles. The first kappa shape index (κ1) is 20.4. The van der Waals surface area contributed by atoms with Crippen LogP contribution in [0.5, 0.6) is 0 Å². The van der Waals surface area contributed by atoms with Crippen molar-refractivity contribution in [2.75, 3.05) is 0 Å². The molecule has 0 unspecified atom stereocenters. The lowest BCUT2D eigenvalue weighted by Crippen LogP contribution is -2.08. The van der Waals surface area contributed by atoms with Crippen LogP contribution in [0, 0.1) is 18.3 Å². The number of carbonyl (C=O) groups excluding carboxylic acids is 1. The summed E-state index contributed by atoms with van der Waals surface area (Å²) in [5.41, 5.74) is 5.60. The summed E-state index contributed by atoms with van der Waals surface area (Å²) in [5.74, 6) is -0.321. The van der Waals surface area contributed by atoms with E-state index in [-0.39, 0.29) is 29.6 Å². The Morgan fingerprint density at radius 1 is 1.22 bits per heavy atom. The largest absolute Gasteiger partial charge is 0.459 e. The lowest BCUT2D eigenvalue weighted by atomic mass is 9.92. The molecule has 6 heteroatoms. The number of halogens is 1. The Balaban J connectivity index is 0.00000261. The second kappa shape index (κ2) is 9.15. The highest BCUT2D eigenvalue weighted by Gasteiger charge is 2.13. The molecule has 2 aromatic carbocycles. The zero-order valence-corrected chi connectivity index (χ0v) is 16.9. The van der Waals surface area contributed by atoms with E-state index in [4.69, 9.17) is 4.74 Å². The Bertz CT molecular complexity index is 975. The number of benzene rings is 2. The number of hydrogen-bond donors (Lipinski definition) is 0. The molecule has 0 aliphatic carbocycles. The lowest BCUT2D eigenvalue weighted by Gasteiger charge is -2.15. The first-order chi connectivity index (χ1) is 12.6. The van der Waals surface area contributed by atoms with Crippen molar-refractivity contribution in [2.24, 2.45) is 0 Å². The standard InChI is InChI=1S/C21H19N3O2.BrH/c1-15-19(12-24-14-23-11-20(24)13-26-16(2)25)9-8-18(10-22)21(15)17-6-4-3-5-7-17;/h3-9,11,14H,12-13H2,1-2H3;1H. The SMILES string of the molecule is Br.CC(=O)OCc1cncn1Cc1ccc(C#N)c(-c2ccccc2)c1C. The number of hydrogen-bond acceptors (Lipinski definition) is 4. The molecule has 138 valence electrons. The minimum Gasteiger partial charge on any atom is -0.459 e. The van der Waals surface area contributed by atoms with E-state index in [9.17, 15) is 10.1 Å². The molecule has 0 saturated heterocycles. The highest BCUT2D eigenvalue weighted by atomic mass is 79.9. The molecular weight excluding hydrogens is 406 g/mol. The molecule has 0 atom stereocenters. The summed E-state index contributed by atoms with van der Waals surface area (Å²) in [6, 6.07) is 16.0. The number of imidazole rings is 1. The Labute approximate surface area is 169 Å². The van der Waals surface area contributed by atoms with E-state index < -0.39 is 0 Å². The molecule has 3 aromatic rings. The number of aromatic nitrogens is 2. The first-order valence-electron chi connectivity index (χ1n) is 8.30. The van der Waals surface area contributed by atoms with Crippen LogP contribution in [0.25, 0.3) is 11.1 Å². The average Bonchev–Trinajstić information content (AvgIpc) is 3.09. The fourth-order valence-electron chi connectivity index (χ4n) is 2.97. The summed E-state index contributed by atoms with van der Waals surface area (Å²) in [6.45, 7) is 4.20. The van der Waals surface area contributed by atoms with E-state index in [1.807, 2.05) is 54.0 Å². The highest BCUT2D eigenvalue weighted by Crippen LogP contribution is 2.30. The Morgan fingerprint density at radius 3 is 2.63 bits per heavy atom. The van der Waals surface area contributed by atoms with Crippen molar-refractivity contribution in [3.05, 3.63) is 77.4 Å². The van der Waals surface area contributed by atoms with Gasteiger partial charge >= 0.3 is 5.97 Å². The number of rotatable bonds is 5. The molecule has 5 nitrogen and oxygen atoms in total. The van der Waals surface area contributed by atoms with E-state index >= 15 is 0 Å². The number of ether oxygens (including phenoxy) is 1. The summed E-state index contributed by atoms with van der Waals surface area (Å²) in [6.07, 6.45) is 3.42. The monoisotopic (exact) mass is 425 g/mol. The maximum absolute atomic E-state index is 11.1. The molecular formula is C21H20BrN3O2. The second-order valence-corrected chi connectivity index (χ2v) is 6.04. The van der Waals surface area contributed by atoms with Crippen molar-refractivity contribution in [1.29, 1.82) is 5.26 Å². The number of esters is 1. The van der Waals surface area contributed by atoms with Gasteiger partial charge in [0, 0.05) is 19.0 Å². The quantitative estimate of drug-likeness (QED) is 0.567. The van der Waals surface area contributed by atoms with Crippen molar-refractivity contribution in [3.8, 4) is 17.2 Å². The third-order valence-electron chi connectivity index (χ3n) is 4.32. The molecule has 27 heavy (non-hydrogen) atoms. The maximum atomic E-state index is 11.1. The van der Waals surface area contributed by atoms with E-state index in [0.717, 1.165) is 27.9 Å². The Morgan fingerprint density at radius 2 is 1.96 bits per heavy atom. The van der Waals surface area contributed by atoms with E-state index in [1.165, 1.54) is 6.92 Å². The topological polar surface area (TPSA) is 67.9 Å². The van der Waals surface area contributed by atoms with Gasteiger partial charge in [0.25, 0.3) is 0 Å². The van der Waals surface area contributed by atoms with Gasteiger partial charge in [-0.05, 0) is 29.7 Å². The van der Waals surface area contributed by atoms with Gasteiger partial charge in [0.1, 0.15) is 6.61 Å². The zero-order valence-electron chi connectivity index (χ0n) is 15.2. The van der Waals surface area contributed by atoms with E-state index in [1.54, 1.807) is 12.5 Å². The smallest absolute Gasteiger partial charge is 0.303 e. The Kier molecular flexibility index (Phi) is 6.91. The van der Waals surface area contributed by atoms with E-state index in [0.29, 0.717) is 12.1 Å². The molecule has 0 aliphatic heterocycles. The normalized spacial score (nSPS) is 9.96. The fourth-order valence-corrected chi connectivity index (χ4v) is 2.97. The minimum atomic E-state index is -0.321. The van der Waals surface area contributed by atoms with Gasteiger partial charge in [-0.1, -0.05) is 36.4 Å². The minimum absolute atomic E-state index is 0. The predicted molar refractivity (Wildman–Crippen MR) is 108 cm³/mol. The number of nitrogens with zero attached hydrogens (tertiary/aromatic N) is 3. The number of nitriles is 1. The van der Waals surface area contributed by atoms with Gasteiger partial charge in [0.05, 0.1) is 29.9 Å². The lowest BCUT2D eigenvalue weighted by molar-refractivity contribution is -0.142. The number of carbonyl (C=O) groups is 1. The maximum Gasteiger partial charge on any atom is 0.303 e. The molecule has 0 spiro atoms. The van der Waals surface area contributed by atoms with E-state index in [2.05, 4.69) is 11.1 Å². The fraction of sp³-hybridized carbons (Fsp3) is 0.190. The molecule has 0 N–H and O–H groups in total. The van der Waals surface area contributed by atoms with Crippen LogP contribution in [0.3, 0.4) is 0 Å².